The molecule has 5 nitrogen and oxygen atoms in total. The number of hydrogen-bond acceptors (Lipinski definition) is 4. The zero-order valence-corrected chi connectivity index (χ0v) is 14.6. The summed E-state index contributed by atoms with van der Waals surface area (Å²) in [5, 5.41) is 3.33. The maximum atomic E-state index is 12.6. The predicted octanol–water partition coefficient (Wildman–Crippen LogP) is 4.70. The second-order valence-corrected chi connectivity index (χ2v) is 6.15. The van der Waals surface area contributed by atoms with Crippen molar-refractivity contribution in [2.45, 2.75) is 0 Å². The first-order valence-electron chi connectivity index (χ1n) is 7.95. The van der Waals surface area contributed by atoms with Crippen molar-refractivity contribution in [2.24, 2.45) is 0 Å². The molecule has 1 heterocycles. The summed E-state index contributed by atoms with van der Waals surface area (Å²) in [6, 6.07) is 17.9. The predicted molar refractivity (Wildman–Crippen MR) is 103 cm³/mol. The van der Waals surface area contributed by atoms with E-state index < -0.39 is 0 Å². The van der Waals surface area contributed by atoms with Gasteiger partial charge in [-0.05, 0) is 48.5 Å². The molecular formula is C20H14ClN3O2. The van der Waals surface area contributed by atoms with Gasteiger partial charge in [0.1, 0.15) is 5.75 Å². The number of methoxy groups -OCH3 is 1. The zero-order valence-electron chi connectivity index (χ0n) is 13.9. The van der Waals surface area contributed by atoms with E-state index in [-0.39, 0.29) is 5.91 Å². The number of halogens is 1. The van der Waals surface area contributed by atoms with Gasteiger partial charge in [-0.1, -0.05) is 23.7 Å². The molecule has 0 spiro atoms. The van der Waals surface area contributed by atoms with Gasteiger partial charge < -0.3 is 10.1 Å². The molecule has 0 saturated carbocycles. The minimum Gasteiger partial charge on any atom is -0.495 e. The Kier molecular flexibility index (Phi) is 4.14. The van der Waals surface area contributed by atoms with Crippen molar-refractivity contribution in [3.05, 3.63) is 71.2 Å². The van der Waals surface area contributed by atoms with Crippen molar-refractivity contribution in [3.8, 4) is 5.75 Å². The molecule has 128 valence electrons. The molecule has 6 heteroatoms. The Hall–Kier alpha value is -3.18. The Labute approximate surface area is 154 Å². The Morgan fingerprint density at radius 2 is 1.62 bits per heavy atom. The lowest BCUT2D eigenvalue weighted by atomic mass is 10.1. The molecule has 0 fully saturated rings. The number of amides is 1. The fourth-order valence-corrected chi connectivity index (χ4v) is 2.91. The van der Waals surface area contributed by atoms with Gasteiger partial charge in [-0.3, -0.25) is 4.79 Å². The van der Waals surface area contributed by atoms with Crippen LogP contribution in [0.15, 0.2) is 60.7 Å². The fourth-order valence-electron chi connectivity index (χ4n) is 2.73. The number of ether oxygens (including phenoxy) is 1. The largest absolute Gasteiger partial charge is 0.495 e. The van der Waals surface area contributed by atoms with Gasteiger partial charge >= 0.3 is 0 Å². The highest BCUT2D eigenvalue weighted by Gasteiger charge is 2.12. The SMILES string of the molecule is COc1ccc(Cl)cc1NC(=O)c1ccc2nc3ccccc3nc2c1. The van der Waals surface area contributed by atoms with E-state index in [1.165, 1.54) is 7.11 Å². The smallest absolute Gasteiger partial charge is 0.255 e. The highest BCUT2D eigenvalue weighted by molar-refractivity contribution is 6.31. The van der Waals surface area contributed by atoms with E-state index in [2.05, 4.69) is 15.3 Å². The van der Waals surface area contributed by atoms with Crippen molar-refractivity contribution in [2.75, 3.05) is 12.4 Å². The number of benzene rings is 3. The molecule has 0 saturated heterocycles. The summed E-state index contributed by atoms with van der Waals surface area (Å²) in [5.74, 6) is 0.261. The van der Waals surface area contributed by atoms with Crippen molar-refractivity contribution in [3.63, 3.8) is 0 Å². The van der Waals surface area contributed by atoms with Crippen LogP contribution in [0.5, 0.6) is 5.75 Å². The lowest BCUT2D eigenvalue weighted by Crippen LogP contribution is -2.12. The second-order valence-electron chi connectivity index (χ2n) is 5.71. The van der Waals surface area contributed by atoms with Crippen LogP contribution in [0.25, 0.3) is 22.1 Å². The van der Waals surface area contributed by atoms with Crippen LogP contribution in [-0.4, -0.2) is 23.0 Å². The van der Waals surface area contributed by atoms with E-state index in [0.717, 1.165) is 16.6 Å². The molecule has 4 aromatic rings. The summed E-state index contributed by atoms with van der Waals surface area (Å²) < 4.78 is 5.26. The summed E-state index contributed by atoms with van der Waals surface area (Å²) in [5.41, 5.74) is 3.99. The quantitative estimate of drug-likeness (QED) is 0.536. The third kappa shape index (κ3) is 3.05. The maximum absolute atomic E-state index is 12.6. The minimum absolute atomic E-state index is 0.276. The van der Waals surface area contributed by atoms with Gasteiger partial charge in [-0.2, -0.15) is 0 Å². The molecule has 1 N–H and O–H groups in total. The molecule has 26 heavy (non-hydrogen) atoms. The average molecular weight is 364 g/mol. The summed E-state index contributed by atoms with van der Waals surface area (Å²) >= 11 is 6.01. The zero-order chi connectivity index (χ0) is 18.1. The van der Waals surface area contributed by atoms with Crippen molar-refractivity contribution in [1.29, 1.82) is 0 Å². The number of nitrogens with zero attached hydrogens (tertiary/aromatic N) is 2. The molecule has 0 aliphatic heterocycles. The number of anilines is 1. The van der Waals surface area contributed by atoms with Gasteiger partial charge in [-0.15, -0.1) is 0 Å². The molecular weight excluding hydrogens is 350 g/mol. The summed E-state index contributed by atoms with van der Waals surface area (Å²) in [7, 11) is 1.54. The topological polar surface area (TPSA) is 64.1 Å². The normalized spacial score (nSPS) is 10.8. The Morgan fingerprint density at radius 1 is 0.923 bits per heavy atom. The number of carbonyl (C=O) groups is 1. The Balaban J connectivity index is 1.71. The third-order valence-corrected chi connectivity index (χ3v) is 4.25. The van der Waals surface area contributed by atoms with Gasteiger partial charge in [0.05, 0.1) is 34.9 Å². The van der Waals surface area contributed by atoms with Crippen LogP contribution < -0.4 is 10.1 Å². The molecule has 1 amide bonds. The molecule has 0 bridgehead atoms. The number of carbonyl (C=O) groups excluding carboxylic acids is 1. The van der Waals surface area contributed by atoms with Crippen LogP contribution in [-0.2, 0) is 0 Å². The lowest BCUT2D eigenvalue weighted by Gasteiger charge is -2.11. The molecule has 0 aliphatic rings. The van der Waals surface area contributed by atoms with Crippen molar-refractivity contribution in [1.82, 2.24) is 9.97 Å². The van der Waals surface area contributed by atoms with Crippen LogP contribution in [0.3, 0.4) is 0 Å². The first-order chi connectivity index (χ1) is 12.6. The maximum Gasteiger partial charge on any atom is 0.255 e. The van der Waals surface area contributed by atoms with Crippen LogP contribution in [0.1, 0.15) is 10.4 Å². The van der Waals surface area contributed by atoms with E-state index >= 15 is 0 Å². The first kappa shape index (κ1) is 16.3. The van der Waals surface area contributed by atoms with E-state index in [9.17, 15) is 4.79 Å². The summed E-state index contributed by atoms with van der Waals surface area (Å²) in [4.78, 5) is 21.8. The van der Waals surface area contributed by atoms with E-state index in [1.807, 2.05) is 24.3 Å². The van der Waals surface area contributed by atoms with E-state index in [1.54, 1.807) is 36.4 Å². The van der Waals surface area contributed by atoms with Gasteiger partial charge in [0.15, 0.2) is 0 Å². The molecule has 0 unspecified atom stereocenters. The highest BCUT2D eigenvalue weighted by atomic mass is 35.5. The molecule has 0 atom stereocenters. The third-order valence-electron chi connectivity index (χ3n) is 4.01. The Morgan fingerprint density at radius 3 is 2.35 bits per heavy atom. The fraction of sp³-hybridized carbons (Fsp3) is 0.0500. The first-order valence-corrected chi connectivity index (χ1v) is 8.33. The monoisotopic (exact) mass is 363 g/mol. The van der Waals surface area contributed by atoms with Crippen LogP contribution in [0.2, 0.25) is 5.02 Å². The highest BCUT2D eigenvalue weighted by Crippen LogP contribution is 2.28. The van der Waals surface area contributed by atoms with Crippen molar-refractivity contribution >= 4 is 45.3 Å². The molecule has 0 aliphatic carbocycles. The van der Waals surface area contributed by atoms with E-state index in [4.69, 9.17) is 16.3 Å². The van der Waals surface area contributed by atoms with Gasteiger partial charge in [0.25, 0.3) is 5.91 Å². The van der Waals surface area contributed by atoms with Crippen molar-refractivity contribution < 1.29 is 9.53 Å². The number of aromatic nitrogens is 2. The number of nitrogens with one attached hydrogen (secondary N) is 1. The number of hydrogen-bond donors (Lipinski definition) is 1. The van der Waals surface area contributed by atoms with E-state index in [0.29, 0.717) is 27.5 Å². The summed E-state index contributed by atoms with van der Waals surface area (Å²) in [6.45, 7) is 0. The lowest BCUT2D eigenvalue weighted by molar-refractivity contribution is 0.102. The van der Waals surface area contributed by atoms with Crippen LogP contribution >= 0.6 is 11.6 Å². The summed E-state index contributed by atoms with van der Waals surface area (Å²) in [6.07, 6.45) is 0. The van der Waals surface area contributed by atoms with Crippen LogP contribution in [0, 0.1) is 0 Å². The molecule has 4 rings (SSSR count). The standard InChI is InChI=1S/C20H14ClN3O2/c1-26-19-9-7-13(21)11-18(19)24-20(25)12-6-8-16-17(10-12)23-15-5-3-2-4-14(15)22-16/h2-11H,1H3,(H,24,25). The van der Waals surface area contributed by atoms with Gasteiger partial charge in [0, 0.05) is 10.6 Å². The van der Waals surface area contributed by atoms with Gasteiger partial charge in [0.2, 0.25) is 0 Å². The van der Waals surface area contributed by atoms with Gasteiger partial charge in [-0.25, -0.2) is 9.97 Å². The van der Waals surface area contributed by atoms with Crippen LogP contribution in [0.4, 0.5) is 5.69 Å². The molecule has 0 radical (unpaired) electrons. The average Bonchev–Trinajstić information content (AvgIpc) is 2.66. The number of fused-ring (bicyclic) bond motifs is 2. The minimum atomic E-state index is -0.276. The Bertz CT molecular complexity index is 1140. The molecule has 1 aromatic heterocycles. The second kappa shape index (κ2) is 6.61. The molecule has 3 aromatic carbocycles. The number of rotatable bonds is 3. The number of para-hydroxylation sites is 2.